The molecule has 0 spiro atoms. The molecule has 0 saturated heterocycles. The van der Waals surface area contributed by atoms with Crippen molar-refractivity contribution in [2.24, 2.45) is 0 Å². The molecule has 59 heavy (non-hydrogen) atoms. The molecule has 0 fully saturated rings. The monoisotopic (exact) mass is 751 g/mol. The molecule has 0 N–H and O–H groups in total. The van der Waals surface area contributed by atoms with Gasteiger partial charge in [-0.05, 0) is 115 Å². The molecule has 1 aliphatic rings. The standard InChI is InChI=1S/C58H41N/c1-58(49-18-3-2-4-19-49)53-22-11-9-21-52(53)57-54(58)23-13-25-56(57)59(50-36-34-43(35-37-50)48-33-29-41-15-6-8-17-46(41)39-48)55-24-12-10-20-51(55)44-30-26-42(27-31-44)47-32-28-40-14-5-7-16-45(40)38-47/h2-39H,1H3. The van der Waals surface area contributed by atoms with Gasteiger partial charge < -0.3 is 4.90 Å². The predicted octanol–water partition coefficient (Wildman–Crippen LogP) is 15.8. The average molecular weight is 752 g/mol. The van der Waals surface area contributed by atoms with Crippen LogP contribution < -0.4 is 4.90 Å². The van der Waals surface area contributed by atoms with Crippen LogP contribution in [0.2, 0.25) is 0 Å². The molecular formula is C58H41N. The van der Waals surface area contributed by atoms with E-state index in [4.69, 9.17) is 0 Å². The van der Waals surface area contributed by atoms with Gasteiger partial charge in [-0.15, -0.1) is 0 Å². The molecule has 0 aliphatic heterocycles. The lowest BCUT2D eigenvalue weighted by Gasteiger charge is -2.31. The summed E-state index contributed by atoms with van der Waals surface area (Å²) in [5, 5.41) is 5.01. The second-order valence-corrected chi connectivity index (χ2v) is 15.8. The lowest BCUT2D eigenvalue weighted by Crippen LogP contribution is -2.22. The van der Waals surface area contributed by atoms with E-state index in [1.165, 1.54) is 82.7 Å². The van der Waals surface area contributed by atoms with Gasteiger partial charge in [-0.1, -0.05) is 194 Å². The van der Waals surface area contributed by atoms with Gasteiger partial charge in [0, 0.05) is 22.2 Å². The highest BCUT2D eigenvalue weighted by molar-refractivity contribution is 5.99. The van der Waals surface area contributed by atoms with Gasteiger partial charge in [0.1, 0.15) is 0 Å². The Bertz CT molecular complexity index is 3160. The summed E-state index contributed by atoms with van der Waals surface area (Å²) in [5.74, 6) is 0. The Morgan fingerprint density at radius 3 is 1.46 bits per heavy atom. The SMILES string of the molecule is CC1(c2ccccc2)c2ccccc2-c2c(N(c3ccc(-c4ccc5ccccc5c4)cc3)c3ccccc3-c3ccc(-c4ccc5ccccc5c4)cc3)cccc21. The van der Waals surface area contributed by atoms with Crippen molar-refractivity contribution in [3.63, 3.8) is 0 Å². The van der Waals surface area contributed by atoms with Crippen LogP contribution in [-0.4, -0.2) is 0 Å². The molecule has 1 aliphatic carbocycles. The van der Waals surface area contributed by atoms with E-state index >= 15 is 0 Å². The van der Waals surface area contributed by atoms with Crippen LogP contribution in [0.25, 0.3) is 66.1 Å². The quantitative estimate of drug-likeness (QED) is 0.157. The van der Waals surface area contributed by atoms with Crippen molar-refractivity contribution in [1.82, 2.24) is 0 Å². The van der Waals surface area contributed by atoms with E-state index in [0.29, 0.717) is 0 Å². The van der Waals surface area contributed by atoms with Gasteiger partial charge in [-0.25, -0.2) is 0 Å². The third-order valence-corrected chi connectivity index (χ3v) is 12.5. The van der Waals surface area contributed by atoms with Crippen molar-refractivity contribution in [2.45, 2.75) is 12.3 Å². The number of anilines is 3. The minimum Gasteiger partial charge on any atom is -0.309 e. The molecule has 0 saturated carbocycles. The van der Waals surface area contributed by atoms with Crippen molar-refractivity contribution in [1.29, 1.82) is 0 Å². The molecule has 0 radical (unpaired) electrons. The Hall–Kier alpha value is -7.48. The van der Waals surface area contributed by atoms with E-state index in [2.05, 4.69) is 242 Å². The summed E-state index contributed by atoms with van der Waals surface area (Å²) in [4.78, 5) is 2.49. The zero-order valence-corrected chi connectivity index (χ0v) is 32.9. The molecule has 0 heterocycles. The van der Waals surface area contributed by atoms with Crippen molar-refractivity contribution < 1.29 is 0 Å². The molecule has 11 rings (SSSR count). The molecule has 10 aromatic rings. The molecule has 10 aromatic carbocycles. The van der Waals surface area contributed by atoms with Crippen LogP contribution in [0.1, 0.15) is 23.6 Å². The van der Waals surface area contributed by atoms with E-state index in [1.54, 1.807) is 0 Å². The van der Waals surface area contributed by atoms with Gasteiger partial charge >= 0.3 is 0 Å². The summed E-state index contributed by atoms with van der Waals surface area (Å²) < 4.78 is 0. The van der Waals surface area contributed by atoms with Crippen molar-refractivity contribution in [2.75, 3.05) is 4.90 Å². The first-order valence-electron chi connectivity index (χ1n) is 20.5. The molecule has 1 atom stereocenters. The van der Waals surface area contributed by atoms with Gasteiger partial charge in [0.05, 0.1) is 11.4 Å². The zero-order valence-electron chi connectivity index (χ0n) is 32.9. The third-order valence-electron chi connectivity index (χ3n) is 12.5. The fraction of sp³-hybridized carbons (Fsp3) is 0.0345. The zero-order chi connectivity index (χ0) is 39.3. The van der Waals surface area contributed by atoms with Crippen LogP contribution >= 0.6 is 0 Å². The van der Waals surface area contributed by atoms with Crippen LogP contribution in [-0.2, 0) is 5.41 Å². The smallest absolute Gasteiger partial charge is 0.0543 e. The minimum absolute atomic E-state index is 0.313. The second-order valence-electron chi connectivity index (χ2n) is 15.8. The van der Waals surface area contributed by atoms with E-state index < -0.39 is 0 Å². The number of hydrogen-bond donors (Lipinski definition) is 0. The van der Waals surface area contributed by atoms with Crippen LogP contribution in [0.3, 0.4) is 0 Å². The number of fused-ring (bicyclic) bond motifs is 5. The summed E-state index contributed by atoms with van der Waals surface area (Å²) in [6.45, 7) is 2.39. The molecule has 0 bridgehead atoms. The van der Waals surface area contributed by atoms with Gasteiger partial charge in [0.15, 0.2) is 0 Å². The topological polar surface area (TPSA) is 3.24 Å². The van der Waals surface area contributed by atoms with Crippen LogP contribution in [0.15, 0.2) is 231 Å². The Balaban J connectivity index is 1.08. The van der Waals surface area contributed by atoms with E-state index in [9.17, 15) is 0 Å². The van der Waals surface area contributed by atoms with Crippen LogP contribution in [0.5, 0.6) is 0 Å². The first-order chi connectivity index (χ1) is 29.1. The van der Waals surface area contributed by atoms with E-state index in [1.807, 2.05) is 0 Å². The molecular weight excluding hydrogens is 711 g/mol. The Morgan fingerprint density at radius 2 is 0.797 bits per heavy atom. The molecule has 0 amide bonds. The predicted molar refractivity (Wildman–Crippen MR) is 250 cm³/mol. The largest absolute Gasteiger partial charge is 0.309 e. The molecule has 0 aromatic heterocycles. The van der Waals surface area contributed by atoms with Crippen LogP contribution in [0.4, 0.5) is 17.1 Å². The Labute approximate surface area is 346 Å². The fourth-order valence-electron chi connectivity index (χ4n) is 9.49. The third kappa shape index (κ3) is 5.86. The number of hydrogen-bond acceptors (Lipinski definition) is 1. The van der Waals surface area contributed by atoms with Crippen molar-refractivity contribution in [3.05, 3.63) is 247 Å². The number of para-hydroxylation sites is 1. The normalized spacial score (nSPS) is 14.3. The second kappa shape index (κ2) is 14.2. The van der Waals surface area contributed by atoms with E-state index in [0.717, 1.165) is 17.1 Å². The highest BCUT2D eigenvalue weighted by Crippen LogP contribution is 2.57. The van der Waals surface area contributed by atoms with Gasteiger partial charge in [-0.2, -0.15) is 0 Å². The molecule has 1 heteroatoms. The minimum atomic E-state index is -0.313. The summed E-state index contributed by atoms with van der Waals surface area (Å²) in [6, 6.07) is 84.6. The number of nitrogens with zero attached hydrogens (tertiary/aromatic N) is 1. The Kier molecular flexibility index (Phi) is 8.34. The maximum Gasteiger partial charge on any atom is 0.0543 e. The average Bonchev–Trinajstić information content (AvgIpc) is 3.58. The van der Waals surface area contributed by atoms with Gasteiger partial charge in [-0.3, -0.25) is 0 Å². The van der Waals surface area contributed by atoms with Gasteiger partial charge in [0.2, 0.25) is 0 Å². The maximum atomic E-state index is 2.49. The van der Waals surface area contributed by atoms with Crippen molar-refractivity contribution in [3.8, 4) is 44.5 Å². The summed E-state index contributed by atoms with van der Waals surface area (Å²) in [6.07, 6.45) is 0. The number of rotatable bonds is 7. The van der Waals surface area contributed by atoms with Crippen molar-refractivity contribution >= 4 is 38.6 Å². The first kappa shape index (κ1) is 34.7. The highest BCUT2D eigenvalue weighted by Gasteiger charge is 2.42. The Morgan fingerprint density at radius 1 is 0.322 bits per heavy atom. The fourth-order valence-corrected chi connectivity index (χ4v) is 9.49. The van der Waals surface area contributed by atoms with Gasteiger partial charge in [0.25, 0.3) is 0 Å². The molecule has 278 valence electrons. The first-order valence-corrected chi connectivity index (χ1v) is 20.5. The van der Waals surface area contributed by atoms with Crippen LogP contribution in [0, 0.1) is 0 Å². The lowest BCUT2D eigenvalue weighted by molar-refractivity contribution is 0.714. The lowest BCUT2D eigenvalue weighted by atomic mass is 9.74. The van der Waals surface area contributed by atoms with E-state index in [-0.39, 0.29) is 5.41 Å². The maximum absolute atomic E-state index is 2.49. The molecule has 1 unspecified atom stereocenters. The number of benzene rings is 10. The molecule has 1 nitrogen and oxygen atoms in total. The summed E-state index contributed by atoms with van der Waals surface area (Å²) in [5.41, 5.74) is 16.7. The summed E-state index contributed by atoms with van der Waals surface area (Å²) >= 11 is 0. The highest BCUT2D eigenvalue weighted by atomic mass is 15.1. The summed E-state index contributed by atoms with van der Waals surface area (Å²) in [7, 11) is 0.